The molecule has 0 bridgehead atoms. The molecule has 0 saturated carbocycles. The second kappa shape index (κ2) is 9.67. The van der Waals surface area contributed by atoms with Gasteiger partial charge in [0, 0.05) is 15.4 Å². The van der Waals surface area contributed by atoms with Gasteiger partial charge in [-0.15, -0.1) is 0 Å². The van der Waals surface area contributed by atoms with Gasteiger partial charge in [-0.2, -0.15) is 0 Å². The van der Waals surface area contributed by atoms with Crippen molar-refractivity contribution >= 4 is 23.3 Å². The minimum absolute atomic E-state index is 0.287. The Morgan fingerprint density at radius 2 is 1.57 bits per heavy atom. The molecule has 0 radical (unpaired) electrons. The predicted molar refractivity (Wildman–Crippen MR) is 111 cm³/mol. The quantitative estimate of drug-likeness (QED) is 0.289. The Morgan fingerprint density at radius 3 is 2.32 bits per heavy atom. The number of rotatable bonds is 7. The van der Waals surface area contributed by atoms with Crippen molar-refractivity contribution in [1.29, 1.82) is 0 Å². The van der Waals surface area contributed by atoms with E-state index < -0.39 is 5.97 Å². The molecule has 3 rings (SSSR count). The van der Waals surface area contributed by atoms with Gasteiger partial charge in [0.25, 0.3) is 0 Å². The molecule has 142 valence electrons. The van der Waals surface area contributed by atoms with Crippen LogP contribution in [0.3, 0.4) is 0 Å². The van der Waals surface area contributed by atoms with E-state index in [2.05, 4.69) is 12.1 Å². The van der Waals surface area contributed by atoms with Gasteiger partial charge in [-0.3, -0.25) is 0 Å². The van der Waals surface area contributed by atoms with Crippen LogP contribution in [-0.4, -0.2) is 20.2 Å². The zero-order chi connectivity index (χ0) is 19.8. The highest BCUT2D eigenvalue weighted by molar-refractivity contribution is 7.99. The van der Waals surface area contributed by atoms with E-state index in [1.165, 1.54) is 20.5 Å². The van der Waals surface area contributed by atoms with Crippen molar-refractivity contribution in [2.45, 2.75) is 9.79 Å². The highest BCUT2D eigenvalue weighted by Crippen LogP contribution is 2.34. The Hall–Kier alpha value is -3.18. The first-order valence-corrected chi connectivity index (χ1v) is 9.44. The second-order valence-corrected chi connectivity index (χ2v) is 6.89. The lowest BCUT2D eigenvalue weighted by atomic mass is 10.1. The zero-order valence-corrected chi connectivity index (χ0v) is 16.4. The van der Waals surface area contributed by atoms with Gasteiger partial charge in [-0.05, 0) is 36.4 Å². The maximum Gasteiger partial charge on any atom is 0.341 e. The standard InChI is InChI=1S/C23H20O4S/c1-25-16-21(23(24)26-2)20-13-6-7-14-22(20)27-17-9-8-12-19(15-17)28-18-10-4-3-5-11-18/h3-16H,1-2H3/b21-16+. The number of para-hydroxylation sites is 1. The Balaban J connectivity index is 1.87. The molecule has 0 unspecified atom stereocenters. The molecule has 3 aromatic carbocycles. The molecular weight excluding hydrogens is 372 g/mol. The van der Waals surface area contributed by atoms with Crippen LogP contribution >= 0.6 is 11.8 Å². The van der Waals surface area contributed by atoms with Crippen molar-refractivity contribution in [2.24, 2.45) is 0 Å². The maximum absolute atomic E-state index is 12.1. The molecule has 0 atom stereocenters. The Morgan fingerprint density at radius 1 is 0.857 bits per heavy atom. The highest BCUT2D eigenvalue weighted by Gasteiger charge is 2.18. The molecule has 3 aromatic rings. The fourth-order valence-corrected chi connectivity index (χ4v) is 3.47. The predicted octanol–water partition coefficient (Wildman–Crippen LogP) is 5.79. The van der Waals surface area contributed by atoms with Gasteiger partial charge in [0.05, 0.1) is 20.5 Å². The summed E-state index contributed by atoms with van der Waals surface area (Å²) >= 11 is 1.65. The van der Waals surface area contributed by atoms with Crippen LogP contribution < -0.4 is 4.74 Å². The molecule has 0 N–H and O–H groups in total. The van der Waals surface area contributed by atoms with E-state index in [-0.39, 0.29) is 5.57 Å². The van der Waals surface area contributed by atoms with Crippen LogP contribution in [0.5, 0.6) is 11.5 Å². The number of esters is 1. The molecular formula is C23H20O4S. The van der Waals surface area contributed by atoms with Crippen molar-refractivity contribution in [3.05, 3.63) is 90.7 Å². The average molecular weight is 392 g/mol. The molecule has 0 aliphatic rings. The summed E-state index contributed by atoms with van der Waals surface area (Å²) in [5.41, 5.74) is 0.882. The molecule has 5 heteroatoms. The minimum atomic E-state index is -0.494. The molecule has 0 aliphatic carbocycles. The van der Waals surface area contributed by atoms with E-state index in [0.29, 0.717) is 17.1 Å². The SMILES string of the molecule is CO/C=C(/C(=O)OC)c1ccccc1Oc1cccc(Sc2ccccc2)c1. The summed E-state index contributed by atoms with van der Waals surface area (Å²) < 4.78 is 16.0. The second-order valence-electron chi connectivity index (χ2n) is 5.75. The summed E-state index contributed by atoms with van der Waals surface area (Å²) in [5.74, 6) is 0.722. The summed E-state index contributed by atoms with van der Waals surface area (Å²) in [7, 11) is 2.82. The Bertz CT molecular complexity index is 967. The fourth-order valence-electron chi connectivity index (χ4n) is 2.58. The van der Waals surface area contributed by atoms with Gasteiger partial charge in [0.1, 0.15) is 17.1 Å². The van der Waals surface area contributed by atoms with Crippen molar-refractivity contribution in [1.82, 2.24) is 0 Å². The topological polar surface area (TPSA) is 44.8 Å². The number of benzene rings is 3. The van der Waals surface area contributed by atoms with Gasteiger partial charge in [-0.1, -0.05) is 54.2 Å². The fraction of sp³-hybridized carbons (Fsp3) is 0.0870. The molecule has 28 heavy (non-hydrogen) atoms. The van der Waals surface area contributed by atoms with Crippen LogP contribution in [0.25, 0.3) is 5.57 Å². The van der Waals surface area contributed by atoms with E-state index in [9.17, 15) is 4.79 Å². The Labute approximate surface area is 168 Å². The van der Waals surface area contributed by atoms with Gasteiger partial charge in [-0.25, -0.2) is 4.79 Å². The summed E-state index contributed by atoms with van der Waals surface area (Å²) in [6.45, 7) is 0. The lowest BCUT2D eigenvalue weighted by molar-refractivity contribution is -0.133. The molecule has 0 spiro atoms. The van der Waals surface area contributed by atoms with Crippen LogP contribution in [0.4, 0.5) is 0 Å². The van der Waals surface area contributed by atoms with Gasteiger partial charge in [0.2, 0.25) is 0 Å². The first kappa shape index (κ1) is 19.6. The van der Waals surface area contributed by atoms with Crippen molar-refractivity contribution in [3.8, 4) is 11.5 Å². The maximum atomic E-state index is 12.1. The third-order valence-corrected chi connectivity index (χ3v) is 4.83. The number of carbonyl (C=O) groups is 1. The van der Waals surface area contributed by atoms with Crippen molar-refractivity contribution in [2.75, 3.05) is 14.2 Å². The van der Waals surface area contributed by atoms with Crippen LogP contribution in [0, 0.1) is 0 Å². The number of hydrogen-bond acceptors (Lipinski definition) is 5. The summed E-state index contributed by atoms with van der Waals surface area (Å²) in [6, 6.07) is 25.2. The van der Waals surface area contributed by atoms with Crippen molar-refractivity contribution < 1.29 is 19.0 Å². The number of ether oxygens (including phenoxy) is 3. The normalized spacial score (nSPS) is 11.0. The first-order chi connectivity index (χ1) is 13.7. The van der Waals surface area contributed by atoms with Gasteiger partial charge in [0.15, 0.2) is 0 Å². The molecule has 0 saturated heterocycles. The molecule has 0 amide bonds. The number of carbonyl (C=O) groups excluding carboxylic acids is 1. The van der Waals surface area contributed by atoms with Crippen molar-refractivity contribution in [3.63, 3.8) is 0 Å². The molecule has 0 fully saturated rings. The van der Waals surface area contributed by atoms with Gasteiger partial charge >= 0.3 is 5.97 Å². The molecule has 0 heterocycles. The summed E-state index contributed by atoms with van der Waals surface area (Å²) in [5, 5.41) is 0. The lowest BCUT2D eigenvalue weighted by Crippen LogP contribution is -2.05. The first-order valence-electron chi connectivity index (χ1n) is 8.63. The van der Waals surface area contributed by atoms with Crippen LogP contribution in [-0.2, 0) is 14.3 Å². The number of methoxy groups -OCH3 is 2. The summed E-state index contributed by atoms with van der Waals surface area (Å²) in [4.78, 5) is 14.3. The largest absolute Gasteiger partial charge is 0.503 e. The minimum Gasteiger partial charge on any atom is -0.503 e. The zero-order valence-electron chi connectivity index (χ0n) is 15.6. The van der Waals surface area contributed by atoms with Crippen LogP contribution in [0.2, 0.25) is 0 Å². The third kappa shape index (κ3) is 4.96. The van der Waals surface area contributed by atoms with E-state index in [0.717, 1.165) is 9.79 Å². The molecule has 0 aromatic heterocycles. The number of hydrogen-bond donors (Lipinski definition) is 0. The van der Waals surface area contributed by atoms with E-state index in [1.54, 1.807) is 23.9 Å². The van der Waals surface area contributed by atoms with Crippen LogP contribution in [0.15, 0.2) is 94.9 Å². The summed E-state index contributed by atoms with van der Waals surface area (Å²) in [6.07, 6.45) is 1.36. The highest BCUT2D eigenvalue weighted by atomic mass is 32.2. The lowest BCUT2D eigenvalue weighted by Gasteiger charge is -2.13. The van der Waals surface area contributed by atoms with E-state index >= 15 is 0 Å². The average Bonchev–Trinajstić information content (AvgIpc) is 2.73. The van der Waals surface area contributed by atoms with E-state index in [4.69, 9.17) is 14.2 Å². The van der Waals surface area contributed by atoms with Crippen LogP contribution in [0.1, 0.15) is 5.56 Å². The smallest absolute Gasteiger partial charge is 0.341 e. The molecule has 0 aliphatic heterocycles. The van der Waals surface area contributed by atoms with E-state index in [1.807, 2.05) is 54.6 Å². The monoisotopic (exact) mass is 392 g/mol. The van der Waals surface area contributed by atoms with Gasteiger partial charge < -0.3 is 14.2 Å². The Kier molecular flexibility index (Phi) is 6.76. The third-order valence-electron chi connectivity index (χ3n) is 3.83. The molecule has 4 nitrogen and oxygen atoms in total.